The molecular formula is C32H19NS. The third-order valence-electron chi connectivity index (χ3n) is 7.21. The second-order valence-electron chi connectivity index (χ2n) is 8.97. The van der Waals surface area contributed by atoms with E-state index in [2.05, 4.69) is 114 Å². The van der Waals surface area contributed by atoms with E-state index in [9.17, 15) is 0 Å². The van der Waals surface area contributed by atoms with Crippen molar-refractivity contribution < 1.29 is 0 Å². The van der Waals surface area contributed by atoms with E-state index in [1.807, 2.05) is 11.3 Å². The van der Waals surface area contributed by atoms with Gasteiger partial charge in [-0.3, -0.25) is 0 Å². The number of H-pyrrole nitrogens is 1. The van der Waals surface area contributed by atoms with Gasteiger partial charge in [-0.15, -0.1) is 11.3 Å². The molecule has 0 saturated heterocycles. The van der Waals surface area contributed by atoms with Gasteiger partial charge in [-0.1, -0.05) is 103 Å². The number of benzene rings is 6. The van der Waals surface area contributed by atoms with Gasteiger partial charge in [0.25, 0.3) is 0 Å². The number of rotatable bonds is 1. The molecule has 0 aliphatic heterocycles. The summed E-state index contributed by atoms with van der Waals surface area (Å²) in [6.07, 6.45) is 0. The standard InChI is InChI=1S/C32H19NS/c1-3-12-22-19(9-1)20-10-2-4-13-23(20)31-29(22)27-17-7-14-24(30(27)33-31)26-16-8-15-25-21-11-5-6-18-28(21)34-32(25)26/h1-18,33H. The molecule has 2 heteroatoms. The summed E-state index contributed by atoms with van der Waals surface area (Å²) in [6.45, 7) is 0. The molecule has 6 aromatic carbocycles. The molecule has 0 radical (unpaired) electrons. The van der Waals surface area contributed by atoms with E-state index >= 15 is 0 Å². The highest BCUT2D eigenvalue weighted by atomic mass is 32.1. The van der Waals surface area contributed by atoms with Gasteiger partial charge in [-0.05, 0) is 22.2 Å². The van der Waals surface area contributed by atoms with E-state index in [1.165, 1.54) is 74.6 Å². The first kappa shape index (κ1) is 18.3. The van der Waals surface area contributed by atoms with Crippen LogP contribution in [-0.2, 0) is 0 Å². The van der Waals surface area contributed by atoms with E-state index < -0.39 is 0 Å². The molecule has 0 amide bonds. The van der Waals surface area contributed by atoms with Gasteiger partial charge in [0.15, 0.2) is 0 Å². The zero-order chi connectivity index (χ0) is 22.2. The lowest BCUT2D eigenvalue weighted by molar-refractivity contribution is 1.56. The Bertz CT molecular complexity index is 2070. The zero-order valence-corrected chi connectivity index (χ0v) is 19.1. The summed E-state index contributed by atoms with van der Waals surface area (Å²) < 4.78 is 2.69. The maximum Gasteiger partial charge on any atom is 0.0551 e. The number of fused-ring (bicyclic) bond motifs is 11. The van der Waals surface area contributed by atoms with Crippen LogP contribution in [0.2, 0.25) is 0 Å². The number of nitrogens with one attached hydrogen (secondary N) is 1. The predicted octanol–water partition coefficient (Wildman–Crippen LogP) is 9.66. The van der Waals surface area contributed by atoms with Crippen LogP contribution in [0.5, 0.6) is 0 Å². The fourth-order valence-electron chi connectivity index (χ4n) is 5.75. The SMILES string of the molecule is c1ccc2c(c1)sc1c(-c3cccc4c3[nH]c3c5ccccc5c5ccccc5c43)cccc12. The van der Waals surface area contributed by atoms with Crippen molar-refractivity contribution in [3.63, 3.8) is 0 Å². The second kappa shape index (κ2) is 6.69. The normalized spacial score (nSPS) is 12.1. The van der Waals surface area contributed by atoms with Gasteiger partial charge in [0.05, 0.1) is 11.0 Å². The summed E-state index contributed by atoms with van der Waals surface area (Å²) in [4.78, 5) is 3.88. The van der Waals surface area contributed by atoms with E-state index in [0.29, 0.717) is 0 Å². The number of hydrogen-bond donors (Lipinski definition) is 1. The third-order valence-corrected chi connectivity index (χ3v) is 8.43. The highest BCUT2D eigenvalue weighted by Crippen LogP contribution is 2.44. The number of aromatic nitrogens is 1. The Hall–Kier alpha value is -4.14. The molecule has 0 aliphatic carbocycles. The smallest absolute Gasteiger partial charge is 0.0551 e. The van der Waals surface area contributed by atoms with Crippen LogP contribution in [0.3, 0.4) is 0 Å². The Balaban J connectivity index is 1.56. The van der Waals surface area contributed by atoms with Crippen LogP contribution >= 0.6 is 11.3 Å². The van der Waals surface area contributed by atoms with Crippen molar-refractivity contribution in [2.75, 3.05) is 0 Å². The quantitative estimate of drug-likeness (QED) is 0.240. The molecule has 0 spiro atoms. The molecule has 0 saturated carbocycles. The minimum absolute atomic E-state index is 1.21. The van der Waals surface area contributed by atoms with Crippen molar-refractivity contribution in [1.82, 2.24) is 4.98 Å². The van der Waals surface area contributed by atoms with Gasteiger partial charge in [0, 0.05) is 47.5 Å². The Labute approximate surface area is 199 Å². The molecule has 2 aromatic heterocycles. The molecule has 158 valence electrons. The Morgan fingerprint density at radius 1 is 0.412 bits per heavy atom. The lowest BCUT2D eigenvalue weighted by Gasteiger charge is -2.07. The fourth-order valence-corrected chi connectivity index (χ4v) is 6.99. The molecule has 0 aliphatic rings. The van der Waals surface area contributed by atoms with Crippen LogP contribution in [-0.4, -0.2) is 4.98 Å². The lowest BCUT2D eigenvalue weighted by Crippen LogP contribution is -1.81. The van der Waals surface area contributed by atoms with Crippen molar-refractivity contribution >= 4 is 74.9 Å². The lowest BCUT2D eigenvalue weighted by atomic mass is 9.95. The highest BCUT2D eigenvalue weighted by molar-refractivity contribution is 7.26. The first-order valence-electron chi connectivity index (χ1n) is 11.6. The monoisotopic (exact) mass is 449 g/mol. The average Bonchev–Trinajstić information content (AvgIpc) is 3.48. The molecule has 1 nitrogen and oxygen atoms in total. The number of para-hydroxylation sites is 1. The molecular weight excluding hydrogens is 430 g/mol. The summed E-state index contributed by atoms with van der Waals surface area (Å²) in [6, 6.07) is 39.8. The number of aromatic amines is 1. The van der Waals surface area contributed by atoms with Crippen molar-refractivity contribution in [3.05, 3.63) is 109 Å². The van der Waals surface area contributed by atoms with Gasteiger partial charge < -0.3 is 4.98 Å². The summed E-state index contributed by atoms with van der Waals surface area (Å²) in [7, 11) is 0. The number of hydrogen-bond acceptors (Lipinski definition) is 1. The van der Waals surface area contributed by atoms with Crippen LogP contribution in [0.1, 0.15) is 0 Å². The summed E-state index contributed by atoms with van der Waals surface area (Å²) in [5.74, 6) is 0. The summed E-state index contributed by atoms with van der Waals surface area (Å²) in [5.41, 5.74) is 4.99. The van der Waals surface area contributed by atoms with E-state index in [0.717, 1.165) is 0 Å². The molecule has 1 N–H and O–H groups in total. The van der Waals surface area contributed by atoms with Crippen molar-refractivity contribution in [2.45, 2.75) is 0 Å². The maximum atomic E-state index is 3.88. The van der Waals surface area contributed by atoms with E-state index in [1.54, 1.807) is 0 Å². The maximum absolute atomic E-state index is 3.88. The van der Waals surface area contributed by atoms with Crippen LogP contribution in [0.4, 0.5) is 0 Å². The minimum atomic E-state index is 1.21. The van der Waals surface area contributed by atoms with Crippen molar-refractivity contribution in [1.29, 1.82) is 0 Å². The van der Waals surface area contributed by atoms with Crippen LogP contribution in [0.15, 0.2) is 109 Å². The first-order chi connectivity index (χ1) is 16.9. The first-order valence-corrected chi connectivity index (χ1v) is 12.4. The third kappa shape index (κ3) is 2.33. The van der Waals surface area contributed by atoms with Gasteiger partial charge in [-0.25, -0.2) is 0 Å². The van der Waals surface area contributed by atoms with Crippen molar-refractivity contribution in [3.8, 4) is 11.1 Å². The van der Waals surface area contributed by atoms with E-state index in [-0.39, 0.29) is 0 Å². The predicted molar refractivity (Wildman–Crippen MR) is 149 cm³/mol. The van der Waals surface area contributed by atoms with Gasteiger partial charge in [-0.2, -0.15) is 0 Å². The molecule has 8 aromatic rings. The second-order valence-corrected chi connectivity index (χ2v) is 10.0. The summed E-state index contributed by atoms with van der Waals surface area (Å²) >= 11 is 1.89. The van der Waals surface area contributed by atoms with E-state index in [4.69, 9.17) is 0 Å². The molecule has 0 unspecified atom stereocenters. The number of thiophene rings is 1. The molecule has 8 rings (SSSR count). The van der Waals surface area contributed by atoms with Gasteiger partial charge >= 0.3 is 0 Å². The molecule has 2 heterocycles. The van der Waals surface area contributed by atoms with Crippen LogP contribution in [0.25, 0.3) is 74.6 Å². The molecule has 34 heavy (non-hydrogen) atoms. The van der Waals surface area contributed by atoms with Crippen LogP contribution < -0.4 is 0 Å². The Morgan fingerprint density at radius 2 is 1.00 bits per heavy atom. The highest BCUT2D eigenvalue weighted by Gasteiger charge is 2.17. The largest absolute Gasteiger partial charge is 0.353 e. The Kier molecular flexibility index (Phi) is 3.60. The van der Waals surface area contributed by atoms with Crippen molar-refractivity contribution in [2.24, 2.45) is 0 Å². The van der Waals surface area contributed by atoms with Gasteiger partial charge in [0.2, 0.25) is 0 Å². The topological polar surface area (TPSA) is 15.8 Å². The summed E-state index contributed by atoms with van der Waals surface area (Å²) in [5, 5.41) is 10.5. The van der Waals surface area contributed by atoms with Crippen LogP contribution in [0, 0.1) is 0 Å². The zero-order valence-electron chi connectivity index (χ0n) is 18.3. The fraction of sp³-hybridized carbons (Fsp3) is 0. The Morgan fingerprint density at radius 3 is 1.82 bits per heavy atom. The van der Waals surface area contributed by atoms with Gasteiger partial charge in [0.1, 0.15) is 0 Å². The molecule has 0 atom stereocenters. The molecule has 0 bridgehead atoms. The average molecular weight is 450 g/mol. The minimum Gasteiger partial charge on any atom is -0.353 e. The molecule has 0 fully saturated rings.